The Hall–Kier alpha value is -2.96. The number of fused-ring (bicyclic) bond motifs is 1. The van der Waals surface area contributed by atoms with Crippen LogP contribution in [-0.2, 0) is 24.2 Å². The molecule has 0 spiro atoms. The lowest BCUT2D eigenvalue weighted by atomic mass is 10.1. The van der Waals surface area contributed by atoms with Gasteiger partial charge < -0.3 is 4.74 Å². The molecule has 0 aliphatic heterocycles. The quantitative estimate of drug-likeness (QED) is 0.177. The lowest BCUT2D eigenvalue weighted by Crippen LogP contribution is -2.19. The van der Waals surface area contributed by atoms with Crippen LogP contribution in [0.25, 0.3) is 10.8 Å². The minimum Gasteiger partial charge on any atom is -0.487 e. The number of hydrogen-bond acceptors (Lipinski definition) is 3. The smallest absolute Gasteiger partial charge is 0.244 e. The molecule has 172 valence electrons. The number of benzene rings is 4. The van der Waals surface area contributed by atoms with Crippen molar-refractivity contribution in [1.82, 2.24) is 5.43 Å². The number of rotatable bonds is 8. The summed E-state index contributed by atoms with van der Waals surface area (Å²) in [5.74, 6) is 0.554. The third kappa shape index (κ3) is 6.13. The number of ether oxygens (including phenoxy) is 1. The summed E-state index contributed by atoms with van der Waals surface area (Å²) in [5.41, 5.74) is 6.75. The van der Waals surface area contributed by atoms with Gasteiger partial charge in [0.2, 0.25) is 5.91 Å². The summed E-state index contributed by atoms with van der Waals surface area (Å²) in [7, 11) is 0. The molecular weight excluding hydrogens is 556 g/mol. The van der Waals surface area contributed by atoms with E-state index in [1.54, 1.807) is 6.21 Å². The molecule has 0 radical (unpaired) electrons. The second kappa shape index (κ2) is 11.4. The van der Waals surface area contributed by atoms with Crippen molar-refractivity contribution in [2.75, 3.05) is 0 Å². The molecule has 0 aliphatic rings. The van der Waals surface area contributed by atoms with Gasteiger partial charge in [-0.15, -0.1) is 0 Å². The van der Waals surface area contributed by atoms with E-state index < -0.39 is 0 Å². The highest BCUT2D eigenvalue weighted by atomic mass is 79.9. The van der Waals surface area contributed by atoms with E-state index in [1.807, 2.05) is 54.6 Å². The summed E-state index contributed by atoms with van der Waals surface area (Å²) in [5, 5.41) is 6.47. The fraction of sp³-hybridized carbons (Fsp3) is 0.143. The Labute approximate surface area is 216 Å². The summed E-state index contributed by atoms with van der Waals surface area (Å²) in [4.78, 5) is 12.2. The van der Waals surface area contributed by atoms with Crippen molar-refractivity contribution < 1.29 is 9.53 Å². The summed E-state index contributed by atoms with van der Waals surface area (Å²) in [6.45, 7) is 2.55. The Morgan fingerprint density at radius 3 is 2.35 bits per heavy atom. The highest BCUT2D eigenvalue weighted by Gasteiger charge is 2.10. The van der Waals surface area contributed by atoms with E-state index in [2.05, 4.69) is 73.6 Å². The molecule has 0 aromatic heterocycles. The third-order valence-electron chi connectivity index (χ3n) is 5.47. The molecule has 6 heteroatoms. The van der Waals surface area contributed by atoms with Crippen LogP contribution in [0, 0.1) is 0 Å². The van der Waals surface area contributed by atoms with Gasteiger partial charge in [0.15, 0.2) is 0 Å². The number of hydrogen-bond donors (Lipinski definition) is 1. The molecule has 0 heterocycles. The second-order valence-corrected chi connectivity index (χ2v) is 9.59. The topological polar surface area (TPSA) is 50.7 Å². The van der Waals surface area contributed by atoms with Crippen LogP contribution in [0.2, 0.25) is 0 Å². The van der Waals surface area contributed by atoms with E-state index in [0.717, 1.165) is 32.1 Å². The molecule has 4 nitrogen and oxygen atoms in total. The molecule has 4 aromatic rings. The van der Waals surface area contributed by atoms with Crippen LogP contribution in [0.1, 0.15) is 29.2 Å². The molecule has 4 rings (SSSR count). The Bertz CT molecular complexity index is 1310. The Morgan fingerprint density at radius 1 is 0.941 bits per heavy atom. The maximum absolute atomic E-state index is 12.2. The van der Waals surface area contributed by atoms with Crippen molar-refractivity contribution in [3.8, 4) is 5.75 Å². The number of nitrogens with one attached hydrogen (secondary N) is 1. The first kappa shape index (κ1) is 24.2. The monoisotopic (exact) mass is 578 g/mol. The Morgan fingerprint density at radius 2 is 1.62 bits per heavy atom. The van der Waals surface area contributed by atoms with Crippen molar-refractivity contribution in [2.45, 2.75) is 26.4 Å². The first-order valence-corrected chi connectivity index (χ1v) is 12.6. The maximum Gasteiger partial charge on any atom is 0.244 e. The van der Waals surface area contributed by atoms with Gasteiger partial charge in [0.1, 0.15) is 12.4 Å². The van der Waals surface area contributed by atoms with Crippen molar-refractivity contribution in [3.05, 3.63) is 110 Å². The first-order chi connectivity index (χ1) is 16.5. The lowest BCUT2D eigenvalue weighted by Gasteiger charge is -2.13. The van der Waals surface area contributed by atoms with Gasteiger partial charge >= 0.3 is 0 Å². The molecule has 4 aromatic carbocycles. The normalized spacial score (nSPS) is 11.1. The predicted octanol–water partition coefficient (Wildman–Crippen LogP) is 7.20. The average molecular weight is 580 g/mol. The van der Waals surface area contributed by atoms with Gasteiger partial charge in [-0.3, -0.25) is 4.79 Å². The molecular formula is C28H24Br2N2O2. The number of nitrogens with zero attached hydrogens (tertiary/aromatic N) is 1. The zero-order valence-corrected chi connectivity index (χ0v) is 21.9. The molecule has 1 N–H and O–H groups in total. The standard InChI is InChI=1S/C28H24Br2N2O2/c1-2-19-10-12-20(13-11-19)16-27(33)32-31-17-21-14-25(29)28(26(30)15-21)34-18-23-8-5-7-22-6-3-4-9-24(22)23/h3-15,17H,2,16,18H2,1H3,(H,32,33)/b31-17+. The van der Waals surface area contributed by atoms with Crippen molar-refractivity contribution in [1.29, 1.82) is 0 Å². The molecule has 0 saturated carbocycles. The predicted molar refractivity (Wildman–Crippen MR) is 145 cm³/mol. The minimum absolute atomic E-state index is 0.159. The van der Waals surface area contributed by atoms with E-state index >= 15 is 0 Å². The number of halogens is 2. The summed E-state index contributed by atoms with van der Waals surface area (Å²) < 4.78 is 7.73. The lowest BCUT2D eigenvalue weighted by molar-refractivity contribution is -0.120. The van der Waals surface area contributed by atoms with Crippen LogP contribution in [0.15, 0.2) is 92.9 Å². The van der Waals surface area contributed by atoms with Crippen LogP contribution in [0.3, 0.4) is 0 Å². The van der Waals surface area contributed by atoms with Crippen LogP contribution in [-0.4, -0.2) is 12.1 Å². The Balaban J connectivity index is 1.37. The molecule has 0 aliphatic carbocycles. The maximum atomic E-state index is 12.2. The van der Waals surface area contributed by atoms with Crippen molar-refractivity contribution in [2.24, 2.45) is 5.10 Å². The van der Waals surface area contributed by atoms with Crippen LogP contribution >= 0.6 is 31.9 Å². The van der Waals surface area contributed by atoms with Gasteiger partial charge in [-0.1, -0.05) is 73.7 Å². The average Bonchev–Trinajstić information content (AvgIpc) is 2.84. The zero-order valence-electron chi connectivity index (χ0n) is 18.7. The Kier molecular flexibility index (Phi) is 8.14. The van der Waals surface area contributed by atoms with Gasteiger partial charge in [0.25, 0.3) is 0 Å². The van der Waals surface area contributed by atoms with Crippen LogP contribution < -0.4 is 10.2 Å². The van der Waals surface area contributed by atoms with Gasteiger partial charge in [0.05, 0.1) is 21.6 Å². The first-order valence-electron chi connectivity index (χ1n) is 11.0. The molecule has 0 atom stereocenters. The number of hydrazone groups is 1. The van der Waals surface area contributed by atoms with Gasteiger partial charge in [-0.2, -0.15) is 5.10 Å². The van der Waals surface area contributed by atoms with Crippen molar-refractivity contribution >= 4 is 54.8 Å². The molecule has 1 amide bonds. The molecule has 0 unspecified atom stereocenters. The third-order valence-corrected chi connectivity index (χ3v) is 6.65. The largest absolute Gasteiger partial charge is 0.487 e. The molecule has 34 heavy (non-hydrogen) atoms. The number of carbonyl (C=O) groups excluding carboxylic acids is 1. The van der Waals surface area contributed by atoms with E-state index in [-0.39, 0.29) is 12.3 Å². The fourth-order valence-corrected chi connectivity index (χ4v) is 5.11. The SMILES string of the molecule is CCc1ccc(CC(=O)N/N=C/c2cc(Br)c(OCc3cccc4ccccc34)c(Br)c2)cc1. The van der Waals surface area contributed by atoms with Gasteiger partial charge in [0, 0.05) is 0 Å². The van der Waals surface area contributed by atoms with E-state index in [4.69, 9.17) is 4.74 Å². The second-order valence-electron chi connectivity index (χ2n) is 7.88. The fourth-order valence-electron chi connectivity index (χ4n) is 3.66. The minimum atomic E-state index is -0.159. The van der Waals surface area contributed by atoms with E-state index in [0.29, 0.717) is 12.4 Å². The van der Waals surface area contributed by atoms with Gasteiger partial charge in [-0.25, -0.2) is 5.43 Å². The van der Waals surface area contributed by atoms with E-state index in [9.17, 15) is 4.79 Å². The van der Waals surface area contributed by atoms with Crippen LogP contribution in [0.5, 0.6) is 5.75 Å². The van der Waals surface area contributed by atoms with Crippen molar-refractivity contribution in [3.63, 3.8) is 0 Å². The van der Waals surface area contributed by atoms with E-state index in [1.165, 1.54) is 16.3 Å². The highest BCUT2D eigenvalue weighted by molar-refractivity contribution is 9.11. The van der Waals surface area contributed by atoms with Crippen LogP contribution in [0.4, 0.5) is 0 Å². The molecule has 0 saturated heterocycles. The number of amides is 1. The highest BCUT2D eigenvalue weighted by Crippen LogP contribution is 2.35. The number of carbonyl (C=O) groups is 1. The summed E-state index contributed by atoms with van der Waals surface area (Å²) in [6.07, 6.45) is 2.88. The zero-order chi connectivity index (χ0) is 23.9. The summed E-state index contributed by atoms with van der Waals surface area (Å²) >= 11 is 7.19. The molecule has 0 fully saturated rings. The number of aryl methyl sites for hydroxylation is 1. The van der Waals surface area contributed by atoms with Gasteiger partial charge in [-0.05, 0) is 83.4 Å². The summed E-state index contributed by atoms with van der Waals surface area (Å²) in [6, 6.07) is 26.3. The molecule has 0 bridgehead atoms.